The summed E-state index contributed by atoms with van der Waals surface area (Å²) in [5.41, 5.74) is 6.04. The molecule has 0 bridgehead atoms. The third-order valence-corrected chi connectivity index (χ3v) is 6.68. The van der Waals surface area contributed by atoms with Crippen LogP contribution < -0.4 is 10.1 Å². The number of imidazole rings is 1. The van der Waals surface area contributed by atoms with Crippen molar-refractivity contribution in [2.24, 2.45) is 0 Å². The lowest BCUT2D eigenvalue weighted by atomic mass is 9.77. The van der Waals surface area contributed by atoms with Crippen LogP contribution in [0.2, 0.25) is 0 Å². The summed E-state index contributed by atoms with van der Waals surface area (Å²) in [6.07, 6.45) is 1.31. The van der Waals surface area contributed by atoms with Gasteiger partial charge in [-0.1, -0.05) is 54.6 Å². The Kier molecular flexibility index (Phi) is 4.75. The van der Waals surface area contributed by atoms with Crippen molar-refractivity contribution in [3.05, 3.63) is 101 Å². The van der Waals surface area contributed by atoms with E-state index >= 15 is 0 Å². The summed E-state index contributed by atoms with van der Waals surface area (Å²) in [6, 6.07) is 26.3. The van der Waals surface area contributed by atoms with E-state index < -0.39 is 0 Å². The zero-order chi connectivity index (χ0) is 22.4. The second kappa shape index (κ2) is 7.93. The lowest BCUT2D eigenvalue weighted by Crippen LogP contribution is -2.33. The summed E-state index contributed by atoms with van der Waals surface area (Å²) in [7, 11) is 0. The first kappa shape index (κ1) is 19.8. The molecule has 6 rings (SSSR count). The van der Waals surface area contributed by atoms with Gasteiger partial charge in [0.15, 0.2) is 5.78 Å². The first-order chi connectivity index (χ1) is 16.2. The molecule has 3 aromatic carbocycles. The van der Waals surface area contributed by atoms with E-state index in [-0.39, 0.29) is 17.7 Å². The van der Waals surface area contributed by atoms with E-state index in [9.17, 15) is 4.79 Å². The Bertz CT molecular complexity index is 1370. The SMILES string of the molecule is CCOc1ccc([C@H]2C3=C(C[C@H](c4ccccc4)CC3=O)Nc3nc4ccccc4n32)cc1. The zero-order valence-electron chi connectivity index (χ0n) is 18.5. The van der Waals surface area contributed by atoms with Crippen LogP contribution >= 0.6 is 0 Å². The van der Waals surface area contributed by atoms with Crippen LogP contribution in [0.15, 0.2) is 90.1 Å². The minimum atomic E-state index is -0.219. The molecule has 0 radical (unpaired) electrons. The van der Waals surface area contributed by atoms with E-state index in [1.807, 2.05) is 55.5 Å². The van der Waals surface area contributed by atoms with Gasteiger partial charge in [-0.2, -0.15) is 0 Å². The van der Waals surface area contributed by atoms with Crippen LogP contribution in [0.1, 0.15) is 42.9 Å². The first-order valence-electron chi connectivity index (χ1n) is 11.5. The van der Waals surface area contributed by atoms with E-state index in [2.05, 4.69) is 40.2 Å². The molecule has 1 aliphatic carbocycles. The van der Waals surface area contributed by atoms with Crippen LogP contribution in [0.3, 0.4) is 0 Å². The van der Waals surface area contributed by atoms with Crippen LogP contribution in [0.4, 0.5) is 5.95 Å². The monoisotopic (exact) mass is 435 g/mol. The Morgan fingerprint density at radius 3 is 2.48 bits per heavy atom. The Balaban J connectivity index is 1.50. The molecule has 2 heterocycles. The number of nitrogens with one attached hydrogen (secondary N) is 1. The van der Waals surface area contributed by atoms with E-state index in [0.29, 0.717) is 13.0 Å². The maximum absolute atomic E-state index is 13.7. The number of nitrogens with zero attached hydrogens (tertiary/aromatic N) is 2. The molecule has 33 heavy (non-hydrogen) atoms. The minimum Gasteiger partial charge on any atom is -0.494 e. The average Bonchev–Trinajstić information content (AvgIpc) is 3.22. The fourth-order valence-electron chi connectivity index (χ4n) is 5.21. The van der Waals surface area contributed by atoms with Gasteiger partial charge in [-0.25, -0.2) is 4.98 Å². The number of carbonyl (C=O) groups is 1. The van der Waals surface area contributed by atoms with Crippen molar-refractivity contribution in [1.82, 2.24) is 9.55 Å². The number of ether oxygens (including phenoxy) is 1. The molecular formula is C28H25N3O2. The summed E-state index contributed by atoms with van der Waals surface area (Å²) in [5, 5.41) is 3.54. The highest BCUT2D eigenvalue weighted by Gasteiger charge is 2.39. The van der Waals surface area contributed by atoms with Crippen molar-refractivity contribution in [2.75, 3.05) is 11.9 Å². The number of carbonyl (C=O) groups excluding carboxylic acids is 1. The number of para-hydroxylation sites is 2. The number of Topliss-reactive ketones (excluding diaryl/α,β-unsaturated/α-hetero) is 1. The van der Waals surface area contributed by atoms with E-state index in [4.69, 9.17) is 9.72 Å². The van der Waals surface area contributed by atoms with Gasteiger partial charge < -0.3 is 10.1 Å². The quantitative estimate of drug-likeness (QED) is 0.437. The van der Waals surface area contributed by atoms with E-state index in [1.165, 1.54) is 5.56 Å². The van der Waals surface area contributed by atoms with Gasteiger partial charge in [0, 0.05) is 17.7 Å². The average molecular weight is 436 g/mol. The maximum Gasteiger partial charge on any atom is 0.209 e. The Hall–Kier alpha value is -3.86. The first-order valence-corrected chi connectivity index (χ1v) is 11.5. The number of hydrogen-bond donors (Lipinski definition) is 1. The summed E-state index contributed by atoms with van der Waals surface area (Å²) in [5.74, 6) is 1.98. The molecule has 1 aliphatic heterocycles. The molecule has 2 atom stereocenters. The molecule has 0 saturated carbocycles. The van der Waals surface area contributed by atoms with Crippen LogP contribution in [-0.4, -0.2) is 21.9 Å². The molecule has 4 aromatic rings. The molecule has 5 heteroatoms. The van der Waals surface area contributed by atoms with Crippen molar-refractivity contribution in [3.8, 4) is 5.75 Å². The third kappa shape index (κ3) is 3.32. The zero-order valence-corrected chi connectivity index (χ0v) is 18.5. The topological polar surface area (TPSA) is 56.1 Å². The number of fused-ring (bicyclic) bond motifs is 3. The molecule has 0 saturated heterocycles. The van der Waals surface area contributed by atoms with Gasteiger partial charge in [0.2, 0.25) is 5.95 Å². The van der Waals surface area contributed by atoms with Gasteiger partial charge in [0.25, 0.3) is 0 Å². The van der Waals surface area contributed by atoms with E-state index in [1.54, 1.807) is 0 Å². The van der Waals surface area contributed by atoms with Crippen LogP contribution in [-0.2, 0) is 4.79 Å². The highest BCUT2D eigenvalue weighted by Crippen LogP contribution is 2.46. The standard InChI is InChI=1S/C28H25N3O2/c1-2-33-21-14-12-19(13-15-21)27-26-23(16-20(17-25(26)32)18-8-4-3-5-9-18)30-28-29-22-10-6-7-11-24(22)31(27)28/h3-15,20,27H,2,16-17H2,1H3,(H,29,30)/t20-,27-/m0/s1. The van der Waals surface area contributed by atoms with Gasteiger partial charge in [-0.05, 0) is 54.7 Å². The molecule has 164 valence electrons. The lowest BCUT2D eigenvalue weighted by Gasteiger charge is -2.36. The Morgan fingerprint density at radius 1 is 0.939 bits per heavy atom. The highest BCUT2D eigenvalue weighted by molar-refractivity contribution is 6.01. The number of allylic oxidation sites excluding steroid dienone is 2. The fourth-order valence-corrected chi connectivity index (χ4v) is 5.21. The highest BCUT2D eigenvalue weighted by atomic mass is 16.5. The normalized spacial score (nSPS) is 19.7. The van der Waals surface area contributed by atoms with Gasteiger partial charge in [0.1, 0.15) is 5.75 Å². The van der Waals surface area contributed by atoms with Gasteiger partial charge >= 0.3 is 0 Å². The van der Waals surface area contributed by atoms with Crippen LogP contribution in [0.25, 0.3) is 11.0 Å². The van der Waals surface area contributed by atoms with Crippen molar-refractivity contribution < 1.29 is 9.53 Å². The van der Waals surface area contributed by atoms with Gasteiger partial charge in [-0.15, -0.1) is 0 Å². The van der Waals surface area contributed by atoms with Gasteiger partial charge in [-0.3, -0.25) is 9.36 Å². The van der Waals surface area contributed by atoms with Crippen LogP contribution in [0, 0.1) is 0 Å². The van der Waals surface area contributed by atoms with Crippen molar-refractivity contribution >= 4 is 22.8 Å². The number of benzene rings is 3. The predicted octanol–water partition coefficient (Wildman–Crippen LogP) is 5.85. The van der Waals surface area contributed by atoms with Crippen molar-refractivity contribution in [1.29, 1.82) is 0 Å². The molecule has 0 fully saturated rings. The molecule has 1 N–H and O–H groups in total. The lowest BCUT2D eigenvalue weighted by molar-refractivity contribution is -0.116. The second-order valence-electron chi connectivity index (χ2n) is 8.65. The van der Waals surface area contributed by atoms with Gasteiger partial charge in [0.05, 0.1) is 23.7 Å². The molecule has 0 spiro atoms. The van der Waals surface area contributed by atoms with Crippen molar-refractivity contribution in [2.45, 2.75) is 31.7 Å². The summed E-state index contributed by atoms with van der Waals surface area (Å²) >= 11 is 0. The molecule has 0 unspecified atom stereocenters. The minimum absolute atomic E-state index is 0.168. The largest absolute Gasteiger partial charge is 0.494 e. The smallest absolute Gasteiger partial charge is 0.209 e. The molecule has 0 amide bonds. The number of anilines is 1. The Morgan fingerprint density at radius 2 is 1.70 bits per heavy atom. The second-order valence-corrected chi connectivity index (χ2v) is 8.65. The maximum atomic E-state index is 13.7. The van der Waals surface area contributed by atoms with Crippen molar-refractivity contribution in [3.63, 3.8) is 0 Å². The number of hydrogen-bond acceptors (Lipinski definition) is 4. The summed E-state index contributed by atoms with van der Waals surface area (Å²) in [4.78, 5) is 18.5. The number of ketones is 1. The number of aromatic nitrogens is 2. The van der Waals surface area contributed by atoms with E-state index in [0.717, 1.165) is 46.0 Å². The molecule has 1 aromatic heterocycles. The molecule has 5 nitrogen and oxygen atoms in total. The summed E-state index contributed by atoms with van der Waals surface area (Å²) in [6.45, 7) is 2.60. The molecular weight excluding hydrogens is 410 g/mol. The number of rotatable bonds is 4. The molecule has 2 aliphatic rings. The van der Waals surface area contributed by atoms with Crippen LogP contribution in [0.5, 0.6) is 5.75 Å². The predicted molar refractivity (Wildman–Crippen MR) is 130 cm³/mol. The third-order valence-electron chi connectivity index (χ3n) is 6.68. The Labute approximate surface area is 192 Å². The fraction of sp³-hybridized carbons (Fsp3) is 0.214. The summed E-state index contributed by atoms with van der Waals surface area (Å²) < 4.78 is 7.82.